The van der Waals surface area contributed by atoms with Crippen LogP contribution in [-0.4, -0.2) is 31.7 Å². The van der Waals surface area contributed by atoms with E-state index in [9.17, 15) is 9.90 Å². The quantitative estimate of drug-likeness (QED) is 0.876. The Bertz CT molecular complexity index is 619. The summed E-state index contributed by atoms with van der Waals surface area (Å²) < 4.78 is 1.73. The zero-order valence-electron chi connectivity index (χ0n) is 12.2. The third-order valence-corrected chi connectivity index (χ3v) is 3.23. The number of carbonyl (C=O) groups is 1. The summed E-state index contributed by atoms with van der Waals surface area (Å²) in [7, 11) is 0. The topological polar surface area (TPSA) is 79.5 Å². The SMILES string of the molecule is CC(C)c1cc2c(NC(C(=O)O)C(C)C)nccn2n1. The highest BCUT2D eigenvalue weighted by molar-refractivity contribution is 5.80. The van der Waals surface area contributed by atoms with Crippen molar-refractivity contribution in [1.29, 1.82) is 0 Å². The molecule has 0 bridgehead atoms. The molecule has 0 amide bonds. The number of carboxylic acids is 1. The van der Waals surface area contributed by atoms with Crippen LogP contribution >= 0.6 is 0 Å². The second kappa shape index (κ2) is 5.48. The summed E-state index contributed by atoms with van der Waals surface area (Å²) >= 11 is 0. The van der Waals surface area contributed by atoms with Gasteiger partial charge in [-0.2, -0.15) is 5.10 Å². The monoisotopic (exact) mass is 276 g/mol. The number of carboxylic acid groups (broad SMARTS) is 1. The normalized spacial score (nSPS) is 13.1. The van der Waals surface area contributed by atoms with E-state index in [1.165, 1.54) is 0 Å². The number of hydrogen-bond donors (Lipinski definition) is 2. The van der Waals surface area contributed by atoms with Gasteiger partial charge in [0.05, 0.1) is 5.69 Å². The van der Waals surface area contributed by atoms with E-state index >= 15 is 0 Å². The van der Waals surface area contributed by atoms with E-state index < -0.39 is 12.0 Å². The molecule has 6 nitrogen and oxygen atoms in total. The number of aromatic nitrogens is 3. The zero-order chi connectivity index (χ0) is 14.9. The molecule has 108 valence electrons. The van der Waals surface area contributed by atoms with Crippen molar-refractivity contribution in [2.24, 2.45) is 5.92 Å². The fourth-order valence-electron chi connectivity index (χ4n) is 2.00. The molecule has 0 spiro atoms. The van der Waals surface area contributed by atoms with Crippen LogP contribution in [0, 0.1) is 5.92 Å². The minimum atomic E-state index is -0.882. The highest BCUT2D eigenvalue weighted by atomic mass is 16.4. The maximum Gasteiger partial charge on any atom is 0.326 e. The van der Waals surface area contributed by atoms with Crippen LogP contribution in [0.1, 0.15) is 39.3 Å². The van der Waals surface area contributed by atoms with Crippen LogP contribution in [0.2, 0.25) is 0 Å². The Morgan fingerprint density at radius 1 is 1.35 bits per heavy atom. The molecule has 2 aromatic heterocycles. The first-order valence-electron chi connectivity index (χ1n) is 6.73. The van der Waals surface area contributed by atoms with Gasteiger partial charge in [-0.05, 0) is 17.9 Å². The van der Waals surface area contributed by atoms with Gasteiger partial charge in [0.2, 0.25) is 0 Å². The molecule has 0 aliphatic rings. The van der Waals surface area contributed by atoms with Gasteiger partial charge in [0.25, 0.3) is 0 Å². The first-order valence-corrected chi connectivity index (χ1v) is 6.73. The Balaban J connectivity index is 2.41. The van der Waals surface area contributed by atoms with Crippen molar-refractivity contribution in [1.82, 2.24) is 14.6 Å². The lowest BCUT2D eigenvalue weighted by molar-refractivity contribution is -0.138. The molecule has 2 N–H and O–H groups in total. The van der Waals surface area contributed by atoms with Gasteiger partial charge in [0, 0.05) is 12.4 Å². The first-order chi connectivity index (χ1) is 9.40. The Hall–Kier alpha value is -2.11. The highest BCUT2D eigenvalue weighted by Crippen LogP contribution is 2.21. The predicted molar refractivity (Wildman–Crippen MR) is 77.0 cm³/mol. The summed E-state index contributed by atoms with van der Waals surface area (Å²) in [4.78, 5) is 15.5. The van der Waals surface area contributed by atoms with Crippen molar-refractivity contribution in [2.45, 2.75) is 39.7 Å². The zero-order valence-corrected chi connectivity index (χ0v) is 12.2. The molecular weight excluding hydrogens is 256 g/mol. The standard InChI is InChI=1S/C14H20N4O2/c1-8(2)10-7-11-13(15-5-6-18(11)17-10)16-12(9(3)4)14(19)20/h5-9,12H,1-4H3,(H,15,16)(H,19,20). The Kier molecular flexibility index (Phi) is 3.92. The van der Waals surface area contributed by atoms with Crippen LogP contribution < -0.4 is 5.32 Å². The third-order valence-electron chi connectivity index (χ3n) is 3.23. The van der Waals surface area contributed by atoms with Crippen LogP contribution in [0.15, 0.2) is 18.5 Å². The van der Waals surface area contributed by atoms with E-state index in [1.54, 1.807) is 16.9 Å². The molecule has 2 rings (SSSR count). The Labute approximate surface area is 117 Å². The number of fused-ring (bicyclic) bond motifs is 1. The van der Waals surface area contributed by atoms with Gasteiger partial charge in [0.15, 0.2) is 5.82 Å². The molecule has 0 saturated heterocycles. The third kappa shape index (κ3) is 2.74. The van der Waals surface area contributed by atoms with Crippen molar-refractivity contribution in [3.05, 3.63) is 24.2 Å². The van der Waals surface area contributed by atoms with E-state index in [4.69, 9.17) is 0 Å². The summed E-state index contributed by atoms with van der Waals surface area (Å²) in [6, 6.07) is 1.27. The number of aliphatic carboxylic acids is 1. The summed E-state index contributed by atoms with van der Waals surface area (Å²) in [6.07, 6.45) is 3.38. The minimum absolute atomic E-state index is 0.0398. The van der Waals surface area contributed by atoms with Crippen molar-refractivity contribution in [2.75, 3.05) is 5.32 Å². The molecule has 0 aliphatic heterocycles. The van der Waals surface area contributed by atoms with Gasteiger partial charge in [-0.1, -0.05) is 27.7 Å². The molecule has 6 heteroatoms. The van der Waals surface area contributed by atoms with E-state index in [0.717, 1.165) is 11.2 Å². The van der Waals surface area contributed by atoms with Crippen LogP contribution in [0.5, 0.6) is 0 Å². The molecular formula is C14H20N4O2. The van der Waals surface area contributed by atoms with Gasteiger partial charge in [0.1, 0.15) is 11.6 Å². The second-order valence-corrected chi connectivity index (χ2v) is 5.53. The maximum absolute atomic E-state index is 11.3. The van der Waals surface area contributed by atoms with Crippen molar-refractivity contribution in [3.8, 4) is 0 Å². The molecule has 2 aromatic rings. The summed E-state index contributed by atoms with van der Waals surface area (Å²) in [5, 5.41) is 16.7. The van der Waals surface area contributed by atoms with Crippen LogP contribution in [0.25, 0.3) is 5.52 Å². The summed E-state index contributed by atoms with van der Waals surface area (Å²) in [6.45, 7) is 7.86. The Morgan fingerprint density at radius 3 is 2.60 bits per heavy atom. The number of nitrogens with one attached hydrogen (secondary N) is 1. The van der Waals surface area contributed by atoms with E-state index in [-0.39, 0.29) is 5.92 Å². The van der Waals surface area contributed by atoms with Gasteiger partial charge in [-0.15, -0.1) is 0 Å². The van der Waals surface area contributed by atoms with Gasteiger partial charge >= 0.3 is 5.97 Å². The largest absolute Gasteiger partial charge is 0.480 e. The molecule has 1 unspecified atom stereocenters. The number of nitrogens with zero attached hydrogens (tertiary/aromatic N) is 3. The first kappa shape index (κ1) is 14.3. The fraction of sp³-hybridized carbons (Fsp3) is 0.500. The number of hydrogen-bond acceptors (Lipinski definition) is 4. The van der Waals surface area contributed by atoms with Gasteiger partial charge in [-0.25, -0.2) is 14.3 Å². The van der Waals surface area contributed by atoms with E-state index in [1.807, 2.05) is 19.9 Å². The van der Waals surface area contributed by atoms with Crippen molar-refractivity contribution < 1.29 is 9.90 Å². The summed E-state index contributed by atoms with van der Waals surface area (Å²) in [5.74, 6) is -0.0643. The van der Waals surface area contributed by atoms with E-state index in [0.29, 0.717) is 11.7 Å². The molecule has 0 aliphatic carbocycles. The highest BCUT2D eigenvalue weighted by Gasteiger charge is 2.23. The lowest BCUT2D eigenvalue weighted by atomic mass is 10.0. The smallest absolute Gasteiger partial charge is 0.326 e. The molecule has 0 saturated carbocycles. The molecule has 2 heterocycles. The average molecular weight is 276 g/mol. The van der Waals surface area contributed by atoms with Crippen LogP contribution in [0.3, 0.4) is 0 Å². The van der Waals surface area contributed by atoms with Crippen molar-refractivity contribution >= 4 is 17.3 Å². The van der Waals surface area contributed by atoms with Crippen LogP contribution in [0.4, 0.5) is 5.82 Å². The number of anilines is 1. The predicted octanol–water partition coefficient (Wildman–Crippen LogP) is 2.37. The number of rotatable bonds is 5. The fourth-order valence-corrected chi connectivity index (χ4v) is 2.00. The molecule has 0 radical (unpaired) electrons. The lowest BCUT2D eigenvalue weighted by Crippen LogP contribution is -2.34. The van der Waals surface area contributed by atoms with Gasteiger partial charge in [-0.3, -0.25) is 0 Å². The molecule has 1 atom stereocenters. The molecule has 0 aromatic carbocycles. The Morgan fingerprint density at radius 2 is 2.05 bits per heavy atom. The second-order valence-electron chi connectivity index (χ2n) is 5.53. The van der Waals surface area contributed by atoms with Crippen LogP contribution in [-0.2, 0) is 4.79 Å². The summed E-state index contributed by atoms with van der Waals surface area (Å²) in [5.41, 5.74) is 1.75. The minimum Gasteiger partial charge on any atom is -0.480 e. The molecule has 0 fully saturated rings. The van der Waals surface area contributed by atoms with E-state index in [2.05, 4.69) is 29.2 Å². The maximum atomic E-state index is 11.3. The van der Waals surface area contributed by atoms with Crippen molar-refractivity contribution in [3.63, 3.8) is 0 Å². The average Bonchev–Trinajstić information content (AvgIpc) is 2.79. The van der Waals surface area contributed by atoms with Gasteiger partial charge < -0.3 is 10.4 Å². The lowest BCUT2D eigenvalue weighted by Gasteiger charge is -2.18. The molecule has 20 heavy (non-hydrogen) atoms.